The number of hydrogen-bond acceptors (Lipinski definition) is 8. The molecule has 2 aliphatic heterocycles. The SMILES string of the molecule is Cc1ccc([C@@H]2N=C(c3nccs3)N3C[C@@H](NS(N)(=O)=O)CC3=C2C(C=NC(F)F)=CN)c(Cl)c1. The first-order valence-electron chi connectivity index (χ1n) is 10.3. The van der Waals surface area contributed by atoms with Crippen LogP contribution in [0.1, 0.15) is 28.6 Å². The van der Waals surface area contributed by atoms with Crippen molar-refractivity contribution in [1.29, 1.82) is 0 Å². The van der Waals surface area contributed by atoms with Crippen LogP contribution in [0.2, 0.25) is 5.02 Å². The second-order valence-electron chi connectivity index (χ2n) is 7.93. The molecule has 14 heteroatoms. The van der Waals surface area contributed by atoms with Crippen molar-refractivity contribution in [3.05, 3.63) is 74.0 Å². The molecule has 0 amide bonds. The highest BCUT2D eigenvalue weighted by Gasteiger charge is 2.41. The molecule has 2 atom stereocenters. The van der Waals surface area contributed by atoms with Gasteiger partial charge in [-0.2, -0.15) is 21.9 Å². The van der Waals surface area contributed by atoms with Gasteiger partial charge in [0.2, 0.25) is 0 Å². The van der Waals surface area contributed by atoms with Crippen molar-refractivity contribution >= 4 is 45.2 Å². The molecule has 35 heavy (non-hydrogen) atoms. The smallest absolute Gasteiger partial charge is 0.331 e. The summed E-state index contributed by atoms with van der Waals surface area (Å²) in [5.41, 5.74) is 8.76. The van der Waals surface area contributed by atoms with Crippen LogP contribution in [-0.2, 0) is 10.2 Å². The van der Waals surface area contributed by atoms with Crippen LogP contribution in [0.15, 0.2) is 62.8 Å². The van der Waals surface area contributed by atoms with Gasteiger partial charge in [0, 0.05) is 64.9 Å². The van der Waals surface area contributed by atoms with Gasteiger partial charge in [-0.3, -0.25) is 4.99 Å². The zero-order chi connectivity index (χ0) is 25.3. The molecule has 0 bridgehead atoms. The Morgan fingerprint density at radius 1 is 1.43 bits per heavy atom. The van der Waals surface area contributed by atoms with Crippen LogP contribution in [0.5, 0.6) is 0 Å². The van der Waals surface area contributed by atoms with Crippen molar-refractivity contribution in [2.24, 2.45) is 20.9 Å². The van der Waals surface area contributed by atoms with Crippen LogP contribution in [0.4, 0.5) is 8.78 Å². The molecule has 4 rings (SSSR count). The summed E-state index contributed by atoms with van der Waals surface area (Å²) in [6, 6.07) is 4.13. The fourth-order valence-corrected chi connectivity index (χ4v) is 5.78. The lowest BCUT2D eigenvalue weighted by Crippen LogP contribution is -2.42. The lowest BCUT2D eigenvalue weighted by Gasteiger charge is -2.33. The minimum atomic E-state index is -4.00. The Morgan fingerprint density at radius 2 is 2.20 bits per heavy atom. The number of nitrogens with one attached hydrogen (secondary N) is 1. The predicted molar refractivity (Wildman–Crippen MR) is 133 cm³/mol. The molecule has 0 aliphatic carbocycles. The fourth-order valence-electron chi connectivity index (χ4n) is 4.18. The van der Waals surface area contributed by atoms with E-state index in [4.69, 9.17) is 27.5 Å². The number of aromatic nitrogens is 1. The molecule has 0 unspecified atom stereocenters. The standard InChI is InChI=1S/C21H22ClF2N7O2S2/c1-11-2-3-14(15(22)6-11)18-17(12(8-25)9-28-21(23)24)16-7-13(30-35(26,32)33)10-31(16)19(29-18)20-27-4-5-34-20/h2-6,8-9,13,18,21,30H,7,10,25H2,1H3,(H2,26,32,33)/t13-,18-/m0/s1. The van der Waals surface area contributed by atoms with E-state index < -0.39 is 28.8 Å². The molecule has 0 spiro atoms. The molecular formula is C21H22ClF2N7O2S2. The number of fused-ring (bicyclic) bond motifs is 1. The van der Waals surface area contributed by atoms with Crippen molar-refractivity contribution in [2.45, 2.75) is 32.0 Å². The topological polar surface area (TPSA) is 139 Å². The molecule has 9 nitrogen and oxygen atoms in total. The average molecular weight is 542 g/mol. The molecule has 0 radical (unpaired) electrons. The van der Waals surface area contributed by atoms with Crippen LogP contribution in [-0.4, -0.2) is 49.5 Å². The Balaban J connectivity index is 1.94. The molecule has 1 aromatic heterocycles. The van der Waals surface area contributed by atoms with E-state index >= 15 is 0 Å². The summed E-state index contributed by atoms with van der Waals surface area (Å²) in [6.45, 7) is -0.846. The first-order valence-corrected chi connectivity index (χ1v) is 13.2. The monoisotopic (exact) mass is 541 g/mol. The third-order valence-corrected chi connectivity index (χ3v) is 7.24. The number of aliphatic imine (C=N–C) groups is 2. The van der Waals surface area contributed by atoms with Crippen LogP contribution in [0, 0.1) is 6.92 Å². The average Bonchev–Trinajstić information content (AvgIpc) is 3.43. The molecule has 1 saturated heterocycles. The van der Waals surface area contributed by atoms with E-state index in [1.807, 2.05) is 19.1 Å². The van der Waals surface area contributed by atoms with E-state index in [2.05, 4.69) is 14.7 Å². The van der Waals surface area contributed by atoms with Crippen molar-refractivity contribution in [3.8, 4) is 0 Å². The van der Waals surface area contributed by atoms with Crippen molar-refractivity contribution < 1.29 is 17.2 Å². The number of nitrogens with two attached hydrogens (primary N) is 2. The van der Waals surface area contributed by atoms with E-state index in [0.29, 0.717) is 32.7 Å². The van der Waals surface area contributed by atoms with E-state index in [1.165, 1.54) is 17.5 Å². The Hall–Kier alpha value is -2.71. The van der Waals surface area contributed by atoms with Gasteiger partial charge in [-0.05, 0) is 24.1 Å². The number of aryl methyl sites for hydroxylation is 1. The summed E-state index contributed by atoms with van der Waals surface area (Å²) < 4.78 is 51.8. The van der Waals surface area contributed by atoms with E-state index in [0.717, 1.165) is 11.8 Å². The second-order valence-corrected chi connectivity index (χ2v) is 10.6. The van der Waals surface area contributed by atoms with Gasteiger partial charge in [-0.1, -0.05) is 23.7 Å². The van der Waals surface area contributed by atoms with E-state index in [1.54, 1.807) is 22.5 Å². The Kier molecular flexibility index (Phi) is 7.33. The van der Waals surface area contributed by atoms with Crippen molar-refractivity contribution in [1.82, 2.24) is 14.6 Å². The number of thiazole rings is 1. The van der Waals surface area contributed by atoms with Gasteiger partial charge in [-0.25, -0.2) is 15.1 Å². The van der Waals surface area contributed by atoms with Crippen molar-refractivity contribution in [3.63, 3.8) is 0 Å². The number of rotatable bonds is 7. The number of alkyl halides is 2. The molecule has 1 fully saturated rings. The zero-order valence-corrected chi connectivity index (χ0v) is 20.8. The summed E-state index contributed by atoms with van der Waals surface area (Å²) in [7, 11) is -4.00. The van der Waals surface area contributed by atoms with Gasteiger partial charge in [-0.15, -0.1) is 11.3 Å². The van der Waals surface area contributed by atoms with Crippen molar-refractivity contribution in [2.75, 3.05) is 6.54 Å². The molecule has 1 aromatic carbocycles. The van der Waals surface area contributed by atoms with Gasteiger partial charge in [0.05, 0.1) is 0 Å². The highest BCUT2D eigenvalue weighted by atomic mass is 35.5. The lowest BCUT2D eigenvalue weighted by molar-refractivity contribution is 0.160. The molecule has 5 N–H and O–H groups in total. The molecular weight excluding hydrogens is 520 g/mol. The maximum absolute atomic E-state index is 13.0. The minimum absolute atomic E-state index is 0.200. The van der Waals surface area contributed by atoms with Crippen LogP contribution >= 0.6 is 22.9 Å². The van der Waals surface area contributed by atoms with Gasteiger partial charge < -0.3 is 10.6 Å². The molecule has 2 aromatic rings. The first-order chi connectivity index (χ1) is 16.6. The summed E-state index contributed by atoms with van der Waals surface area (Å²) in [6.07, 6.45) is 4.00. The van der Waals surface area contributed by atoms with Crippen LogP contribution in [0.25, 0.3) is 0 Å². The number of amidine groups is 1. The highest BCUT2D eigenvalue weighted by molar-refractivity contribution is 7.87. The fraction of sp³-hybridized carbons (Fsp3) is 0.286. The molecule has 3 heterocycles. The number of benzene rings is 1. The van der Waals surface area contributed by atoms with Crippen LogP contribution < -0.4 is 15.6 Å². The molecule has 2 aliphatic rings. The minimum Gasteiger partial charge on any atom is -0.404 e. The summed E-state index contributed by atoms with van der Waals surface area (Å²) in [5, 5.41) is 8.05. The maximum atomic E-state index is 13.0. The zero-order valence-electron chi connectivity index (χ0n) is 18.4. The third-order valence-electron chi connectivity index (χ3n) is 5.48. The molecule has 0 saturated carbocycles. The Bertz CT molecular complexity index is 1340. The first kappa shape index (κ1) is 25.4. The van der Waals surface area contributed by atoms with Gasteiger partial charge in [0.1, 0.15) is 6.04 Å². The Labute approximate surface area is 210 Å². The maximum Gasteiger partial charge on any atom is 0.331 e. The van der Waals surface area contributed by atoms with Gasteiger partial charge in [0.15, 0.2) is 10.8 Å². The summed E-state index contributed by atoms with van der Waals surface area (Å²) in [4.78, 5) is 14.3. The second kappa shape index (κ2) is 10.1. The lowest BCUT2D eigenvalue weighted by atomic mass is 9.89. The Morgan fingerprint density at radius 3 is 2.80 bits per heavy atom. The van der Waals surface area contributed by atoms with Gasteiger partial charge >= 0.3 is 6.55 Å². The summed E-state index contributed by atoms with van der Waals surface area (Å²) in [5.74, 6) is 0.501. The van der Waals surface area contributed by atoms with E-state index in [9.17, 15) is 17.2 Å². The largest absolute Gasteiger partial charge is 0.404 e. The van der Waals surface area contributed by atoms with Crippen LogP contribution in [0.3, 0.4) is 0 Å². The molecule has 186 valence electrons. The number of halogens is 3. The quantitative estimate of drug-likeness (QED) is 0.365. The third kappa shape index (κ3) is 5.59. The highest BCUT2D eigenvalue weighted by Crippen LogP contribution is 2.44. The number of hydrogen-bond donors (Lipinski definition) is 3. The normalized spacial score (nSPS) is 21.3. The van der Waals surface area contributed by atoms with Gasteiger partial charge in [0.25, 0.3) is 10.2 Å². The summed E-state index contributed by atoms with van der Waals surface area (Å²) >= 11 is 7.96. The number of nitrogens with zero attached hydrogens (tertiary/aromatic N) is 4. The van der Waals surface area contributed by atoms with E-state index in [-0.39, 0.29) is 18.5 Å². The predicted octanol–water partition coefficient (Wildman–Crippen LogP) is 2.86.